The molecule has 2 aromatic carbocycles. The molecule has 1 aliphatic heterocycles. The summed E-state index contributed by atoms with van der Waals surface area (Å²) in [5, 5.41) is 3.06. The molecule has 3 heterocycles. The molecule has 2 fully saturated rings. The lowest BCUT2D eigenvalue weighted by Gasteiger charge is -2.36. The Labute approximate surface area is 230 Å². The van der Waals surface area contributed by atoms with Crippen LogP contribution in [-0.4, -0.2) is 47.0 Å². The van der Waals surface area contributed by atoms with Gasteiger partial charge in [0.15, 0.2) is 0 Å². The van der Waals surface area contributed by atoms with E-state index in [1.807, 2.05) is 31.6 Å². The molecule has 6 rings (SSSR count). The molecular formula is C32H36N6O. The maximum absolute atomic E-state index is 12.1. The summed E-state index contributed by atoms with van der Waals surface area (Å²) < 4.78 is 0. The molecular weight excluding hydrogens is 484 g/mol. The molecule has 39 heavy (non-hydrogen) atoms. The topological polar surface area (TPSA) is 74.2 Å². The van der Waals surface area contributed by atoms with Gasteiger partial charge >= 0.3 is 0 Å². The standard InChI is InChI=1S/C32H36N6O/c1-2-32(39)35-25-9-10-27(28(21-25)23-6-4-3-5-7-23)24-8-11-29-30(20-24)36-31(22-34-29)38-18-16-37(17-19-38)26-12-14-33-15-13-26/h8-15,20-23H,2-7,16-19H2,1H3,(H,35,39). The summed E-state index contributed by atoms with van der Waals surface area (Å²) >= 11 is 0. The van der Waals surface area contributed by atoms with E-state index in [9.17, 15) is 4.79 Å². The summed E-state index contributed by atoms with van der Waals surface area (Å²) in [5.41, 5.74) is 7.65. The monoisotopic (exact) mass is 520 g/mol. The molecule has 200 valence electrons. The highest BCUT2D eigenvalue weighted by Gasteiger charge is 2.22. The third-order valence-corrected chi connectivity index (χ3v) is 8.17. The SMILES string of the molecule is CCC(=O)Nc1ccc(-c2ccc3ncc(N4CCN(c5ccncc5)CC4)nc3c2)c(C2CCCCC2)c1. The maximum Gasteiger partial charge on any atom is 0.224 e. The Kier molecular flexibility index (Phi) is 7.39. The molecule has 7 heteroatoms. The number of benzene rings is 2. The molecule has 0 radical (unpaired) electrons. The van der Waals surface area contributed by atoms with E-state index in [4.69, 9.17) is 9.97 Å². The predicted octanol–water partition coefficient (Wildman–Crippen LogP) is 6.41. The van der Waals surface area contributed by atoms with Crippen LogP contribution in [0.1, 0.15) is 56.9 Å². The molecule has 1 saturated carbocycles. The van der Waals surface area contributed by atoms with Crippen LogP contribution in [0, 0.1) is 0 Å². The molecule has 0 atom stereocenters. The number of nitrogens with zero attached hydrogens (tertiary/aromatic N) is 5. The highest BCUT2D eigenvalue weighted by Crippen LogP contribution is 2.40. The number of rotatable bonds is 6. The van der Waals surface area contributed by atoms with E-state index in [2.05, 4.69) is 62.6 Å². The van der Waals surface area contributed by atoms with Gasteiger partial charge in [0.25, 0.3) is 0 Å². The van der Waals surface area contributed by atoms with Crippen molar-refractivity contribution in [3.63, 3.8) is 0 Å². The van der Waals surface area contributed by atoms with Crippen LogP contribution >= 0.6 is 0 Å². The largest absolute Gasteiger partial charge is 0.368 e. The van der Waals surface area contributed by atoms with Gasteiger partial charge in [-0.05, 0) is 71.8 Å². The Morgan fingerprint density at radius 3 is 2.44 bits per heavy atom. The fourth-order valence-electron chi connectivity index (χ4n) is 5.97. The molecule has 1 N–H and O–H groups in total. The Balaban J connectivity index is 1.28. The number of hydrogen-bond donors (Lipinski definition) is 1. The van der Waals surface area contributed by atoms with Gasteiger partial charge < -0.3 is 15.1 Å². The van der Waals surface area contributed by atoms with E-state index in [0.717, 1.165) is 54.3 Å². The lowest BCUT2D eigenvalue weighted by atomic mass is 9.80. The minimum atomic E-state index is 0.0486. The smallest absolute Gasteiger partial charge is 0.224 e. The number of pyridine rings is 1. The summed E-state index contributed by atoms with van der Waals surface area (Å²) in [7, 11) is 0. The average molecular weight is 521 g/mol. The molecule has 1 aliphatic carbocycles. The summed E-state index contributed by atoms with van der Waals surface area (Å²) in [4.78, 5) is 30.8. The lowest BCUT2D eigenvalue weighted by Crippen LogP contribution is -2.46. The number of nitrogens with one attached hydrogen (secondary N) is 1. The second kappa shape index (κ2) is 11.4. The van der Waals surface area contributed by atoms with Crippen LogP contribution in [0.2, 0.25) is 0 Å². The number of amides is 1. The number of carbonyl (C=O) groups is 1. The van der Waals surface area contributed by atoms with Crippen molar-refractivity contribution >= 4 is 34.1 Å². The zero-order chi connectivity index (χ0) is 26.6. The van der Waals surface area contributed by atoms with Crippen LogP contribution in [0.5, 0.6) is 0 Å². The van der Waals surface area contributed by atoms with E-state index >= 15 is 0 Å². The third-order valence-electron chi connectivity index (χ3n) is 8.17. The zero-order valence-corrected chi connectivity index (χ0v) is 22.6. The molecule has 2 aliphatic rings. The predicted molar refractivity (Wildman–Crippen MR) is 158 cm³/mol. The molecule has 2 aromatic heterocycles. The van der Waals surface area contributed by atoms with E-state index in [1.54, 1.807) is 0 Å². The van der Waals surface area contributed by atoms with Gasteiger partial charge in [0.05, 0.1) is 17.2 Å². The van der Waals surface area contributed by atoms with Crippen molar-refractivity contribution in [2.45, 2.75) is 51.4 Å². The Morgan fingerprint density at radius 1 is 0.897 bits per heavy atom. The van der Waals surface area contributed by atoms with E-state index in [-0.39, 0.29) is 5.91 Å². The molecule has 0 spiro atoms. The molecule has 0 bridgehead atoms. The van der Waals surface area contributed by atoms with Crippen LogP contribution in [0.25, 0.3) is 22.2 Å². The van der Waals surface area contributed by atoms with Crippen LogP contribution in [0.4, 0.5) is 17.2 Å². The number of hydrogen-bond acceptors (Lipinski definition) is 6. The quantitative estimate of drug-likeness (QED) is 0.316. The number of piperazine rings is 1. The maximum atomic E-state index is 12.1. The third kappa shape index (κ3) is 5.58. The highest BCUT2D eigenvalue weighted by molar-refractivity contribution is 5.91. The minimum absolute atomic E-state index is 0.0486. The van der Waals surface area contributed by atoms with Crippen LogP contribution < -0.4 is 15.1 Å². The molecule has 1 amide bonds. The Bertz CT molecular complexity index is 1440. The van der Waals surface area contributed by atoms with Crippen molar-refractivity contribution in [2.24, 2.45) is 0 Å². The molecule has 4 aromatic rings. The first-order chi connectivity index (χ1) is 19.2. The van der Waals surface area contributed by atoms with Crippen LogP contribution in [0.15, 0.2) is 67.1 Å². The summed E-state index contributed by atoms with van der Waals surface area (Å²) in [6, 6.07) is 17.0. The first kappa shape index (κ1) is 25.3. The fourth-order valence-corrected chi connectivity index (χ4v) is 5.97. The first-order valence-corrected chi connectivity index (χ1v) is 14.3. The minimum Gasteiger partial charge on any atom is -0.368 e. The van der Waals surface area contributed by atoms with Gasteiger partial charge in [-0.25, -0.2) is 4.98 Å². The van der Waals surface area contributed by atoms with Gasteiger partial charge in [-0.2, -0.15) is 0 Å². The van der Waals surface area contributed by atoms with Gasteiger partial charge in [0.2, 0.25) is 5.91 Å². The van der Waals surface area contributed by atoms with E-state index in [0.29, 0.717) is 12.3 Å². The fraction of sp³-hybridized carbons (Fsp3) is 0.375. The van der Waals surface area contributed by atoms with Crippen molar-refractivity contribution in [3.05, 3.63) is 72.7 Å². The summed E-state index contributed by atoms with van der Waals surface area (Å²) in [6.07, 6.45) is 12.3. The van der Waals surface area contributed by atoms with Gasteiger partial charge in [-0.15, -0.1) is 0 Å². The average Bonchev–Trinajstić information content (AvgIpc) is 3.01. The second-order valence-electron chi connectivity index (χ2n) is 10.6. The highest BCUT2D eigenvalue weighted by atomic mass is 16.1. The Morgan fingerprint density at radius 2 is 1.67 bits per heavy atom. The Hall–Kier alpha value is -4.00. The van der Waals surface area contributed by atoms with Crippen LogP contribution in [0.3, 0.4) is 0 Å². The van der Waals surface area contributed by atoms with Gasteiger partial charge in [-0.1, -0.05) is 38.3 Å². The first-order valence-electron chi connectivity index (χ1n) is 14.3. The van der Waals surface area contributed by atoms with Crippen molar-refractivity contribution in [3.8, 4) is 11.1 Å². The second-order valence-corrected chi connectivity index (χ2v) is 10.6. The number of carbonyl (C=O) groups excluding carboxylic acids is 1. The van der Waals surface area contributed by atoms with E-state index in [1.165, 1.54) is 48.9 Å². The van der Waals surface area contributed by atoms with Crippen molar-refractivity contribution < 1.29 is 4.79 Å². The summed E-state index contributed by atoms with van der Waals surface area (Å²) in [6.45, 7) is 5.57. The number of aromatic nitrogens is 3. The van der Waals surface area contributed by atoms with Gasteiger partial charge in [0.1, 0.15) is 5.82 Å². The van der Waals surface area contributed by atoms with Crippen molar-refractivity contribution in [1.29, 1.82) is 0 Å². The number of fused-ring (bicyclic) bond motifs is 1. The van der Waals surface area contributed by atoms with Gasteiger partial charge in [-0.3, -0.25) is 14.8 Å². The van der Waals surface area contributed by atoms with Crippen molar-refractivity contribution in [1.82, 2.24) is 15.0 Å². The molecule has 1 saturated heterocycles. The normalized spacial score (nSPS) is 16.4. The number of anilines is 3. The zero-order valence-electron chi connectivity index (χ0n) is 22.6. The van der Waals surface area contributed by atoms with Gasteiger partial charge in [0, 0.05) is 56.4 Å². The van der Waals surface area contributed by atoms with Crippen molar-refractivity contribution in [2.75, 3.05) is 41.3 Å². The molecule has 0 unspecified atom stereocenters. The summed E-state index contributed by atoms with van der Waals surface area (Å²) in [5.74, 6) is 1.49. The van der Waals surface area contributed by atoms with E-state index < -0.39 is 0 Å². The molecule has 7 nitrogen and oxygen atoms in total. The van der Waals surface area contributed by atoms with Crippen LogP contribution in [-0.2, 0) is 4.79 Å². The lowest BCUT2D eigenvalue weighted by molar-refractivity contribution is -0.115.